The van der Waals surface area contributed by atoms with E-state index in [1.165, 1.54) is 6.20 Å². The summed E-state index contributed by atoms with van der Waals surface area (Å²) in [6.07, 6.45) is 4.79. The maximum absolute atomic E-state index is 8.88. The molecule has 0 saturated carbocycles. The second-order valence-corrected chi connectivity index (χ2v) is 3.25. The molecule has 0 radical (unpaired) electrons. The number of hydrogen-bond acceptors (Lipinski definition) is 4. The molecule has 15 heavy (non-hydrogen) atoms. The molecule has 0 saturated heterocycles. The summed E-state index contributed by atoms with van der Waals surface area (Å²) >= 11 is 5.67. The molecule has 0 N–H and O–H groups in total. The van der Waals surface area contributed by atoms with Gasteiger partial charge in [-0.15, -0.1) is 0 Å². The average molecular weight is 220 g/mol. The number of nitrogens with zero attached hydrogens (tertiary/aromatic N) is 5. The van der Waals surface area contributed by atoms with Gasteiger partial charge in [0.1, 0.15) is 6.07 Å². The first kappa shape index (κ1) is 9.62. The van der Waals surface area contributed by atoms with Gasteiger partial charge in [-0.3, -0.25) is 4.68 Å². The lowest BCUT2D eigenvalue weighted by molar-refractivity contribution is 0.768. The summed E-state index contributed by atoms with van der Waals surface area (Å²) in [5, 5.41) is 13.0. The van der Waals surface area contributed by atoms with Crippen LogP contribution in [0.3, 0.4) is 0 Å². The lowest BCUT2D eigenvalue weighted by Crippen LogP contribution is -1.91. The van der Waals surface area contributed by atoms with E-state index in [0.29, 0.717) is 11.3 Å². The molecule has 0 aliphatic heterocycles. The van der Waals surface area contributed by atoms with Gasteiger partial charge in [-0.2, -0.15) is 10.4 Å². The maximum atomic E-state index is 8.88. The number of hydrogen-bond donors (Lipinski definition) is 0. The fourth-order valence-corrected chi connectivity index (χ4v) is 1.34. The molecule has 0 unspecified atom stereocenters. The summed E-state index contributed by atoms with van der Waals surface area (Å²) in [6.45, 7) is 0. The SMILES string of the molecule is Cn1cc(-c2nc(Cl)ncc2C#N)cn1. The summed E-state index contributed by atoms with van der Waals surface area (Å²) in [7, 11) is 1.79. The molecule has 2 aromatic rings. The molecule has 0 aliphatic rings. The fourth-order valence-electron chi connectivity index (χ4n) is 1.21. The van der Waals surface area contributed by atoms with E-state index in [9.17, 15) is 0 Å². The van der Waals surface area contributed by atoms with E-state index in [0.717, 1.165) is 5.56 Å². The van der Waals surface area contributed by atoms with E-state index in [1.54, 1.807) is 24.1 Å². The van der Waals surface area contributed by atoms with Crippen LogP contribution in [0.1, 0.15) is 5.56 Å². The highest BCUT2D eigenvalue weighted by Crippen LogP contribution is 2.20. The number of aryl methyl sites for hydroxylation is 1. The Bertz CT molecular complexity index is 540. The van der Waals surface area contributed by atoms with Crippen LogP contribution in [-0.2, 0) is 7.05 Å². The van der Waals surface area contributed by atoms with Gasteiger partial charge in [0.2, 0.25) is 5.28 Å². The van der Waals surface area contributed by atoms with E-state index >= 15 is 0 Å². The Morgan fingerprint density at radius 3 is 2.87 bits per heavy atom. The molecule has 0 aromatic carbocycles. The highest BCUT2D eigenvalue weighted by atomic mass is 35.5. The molecular formula is C9H6ClN5. The largest absolute Gasteiger partial charge is 0.275 e. The fraction of sp³-hybridized carbons (Fsp3) is 0.111. The first-order valence-electron chi connectivity index (χ1n) is 4.12. The van der Waals surface area contributed by atoms with Gasteiger partial charge < -0.3 is 0 Å². The minimum absolute atomic E-state index is 0.118. The summed E-state index contributed by atoms with van der Waals surface area (Å²) in [4.78, 5) is 7.75. The zero-order valence-corrected chi connectivity index (χ0v) is 8.60. The maximum Gasteiger partial charge on any atom is 0.222 e. The van der Waals surface area contributed by atoms with Gasteiger partial charge in [-0.05, 0) is 11.6 Å². The van der Waals surface area contributed by atoms with Crippen molar-refractivity contribution >= 4 is 11.6 Å². The Morgan fingerprint density at radius 1 is 1.47 bits per heavy atom. The predicted octanol–water partition coefficient (Wildman–Crippen LogP) is 1.40. The van der Waals surface area contributed by atoms with Gasteiger partial charge in [0, 0.05) is 18.8 Å². The first-order valence-corrected chi connectivity index (χ1v) is 4.50. The van der Waals surface area contributed by atoms with Crippen LogP contribution in [0.25, 0.3) is 11.3 Å². The highest BCUT2D eigenvalue weighted by molar-refractivity contribution is 6.28. The smallest absolute Gasteiger partial charge is 0.222 e. The van der Waals surface area contributed by atoms with Crippen molar-refractivity contribution in [3.8, 4) is 17.3 Å². The molecule has 0 aliphatic carbocycles. The normalized spacial score (nSPS) is 9.93. The topological polar surface area (TPSA) is 67.4 Å². The summed E-state index contributed by atoms with van der Waals surface area (Å²) in [5.74, 6) is 0. The number of nitriles is 1. The minimum atomic E-state index is 0.118. The van der Waals surface area contributed by atoms with Crippen molar-refractivity contribution in [3.05, 3.63) is 29.4 Å². The van der Waals surface area contributed by atoms with Gasteiger partial charge >= 0.3 is 0 Å². The first-order chi connectivity index (χ1) is 7.20. The van der Waals surface area contributed by atoms with Crippen LogP contribution < -0.4 is 0 Å². The summed E-state index contributed by atoms with van der Waals surface area (Å²) in [6, 6.07) is 2.01. The van der Waals surface area contributed by atoms with Crippen LogP contribution in [0, 0.1) is 11.3 Å². The molecule has 6 heteroatoms. The molecule has 0 spiro atoms. The van der Waals surface area contributed by atoms with E-state index < -0.39 is 0 Å². The Labute approximate surface area is 91.0 Å². The third kappa shape index (κ3) is 1.80. The number of aromatic nitrogens is 4. The molecule has 0 bridgehead atoms. The van der Waals surface area contributed by atoms with Crippen molar-refractivity contribution in [2.24, 2.45) is 7.05 Å². The van der Waals surface area contributed by atoms with Crippen molar-refractivity contribution in [1.29, 1.82) is 5.26 Å². The molecule has 0 amide bonds. The van der Waals surface area contributed by atoms with Crippen LogP contribution in [-0.4, -0.2) is 19.7 Å². The van der Waals surface area contributed by atoms with Gasteiger partial charge in [0.05, 0.1) is 23.7 Å². The van der Waals surface area contributed by atoms with Crippen molar-refractivity contribution in [1.82, 2.24) is 19.7 Å². The van der Waals surface area contributed by atoms with Gasteiger partial charge in [-0.1, -0.05) is 0 Å². The van der Waals surface area contributed by atoms with Crippen LogP contribution in [0.15, 0.2) is 18.6 Å². The lowest BCUT2D eigenvalue weighted by Gasteiger charge is -1.98. The Balaban J connectivity index is 2.61. The number of halogens is 1. The average Bonchev–Trinajstić information content (AvgIpc) is 2.65. The molecule has 2 rings (SSSR count). The van der Waals surface area contributed by atoms with Gasteiger partial charge in [0.15, 0.2) is 0 Å². The third-order valence-electron chi connectivity index (χ3n) is 1.86. The molecule has 2 aromatic heterocycles. The van der Waals surface area contributed by atoms with Crippen molar-refractivity contribution < 1.29 is 0 Å². The zero-order chi connectivity index (χ0) is 10.8. The summed E-state index contributed by atoms with van der Waals surface area (Å²) < 4.78 is 1.63. The quantitative estimate of drug-likeness (QED) is 0.680. The Morgan fingerprint density at radius 2 is 2.27 bits per heavy atom. The van der Waals surface area contributed by atoms with Crippen molar-refractivity contribution in [2.45, 2.75) is 0 Å². The molecule has 5 nitrogen and oxygen atoms in total. The minimum Gasteiger partial charge on any atom is -0.275 e. The highest BCUT2D eigenvalue weighted by Gasteiger charge is 2.09. The van der Waals surface area contributed by atoms with Crippen molar-refractivity contribution in [3.63, 3.8) is 0 Å². The van der Waals surface area contributed by atoms with E-state index in [1.807, 2.05) is 6.07 Å². The molecule has 0 fully saturated rings. The van der Waals surface area contributed by atoms with Crippen LogP contribution in [0.4, 0.5) is 0 Å². The van der Waals surface area contributed by atoms with Crippen LogP contribution >= 0.6 is 11.6 Å². The summed E-state index contributed by atoms with van der Waals surface area (Å²) in [5.41, 5.74) is 1.64. The van der Waals surface area contributed by atoms with Crippen LogP contribution in [0.5, 0.6) is 0 Å². The van der Waals surface area contributed by atoms with E-state index in [-0.39, 0.29) is 5.28 Å². The predicted molar refractivity (Wildman–Crippen MR) is 54.0 cm³/mol. The van der Waals surface area contributed by atoms with E-state index in [2.05, 4.69) is 15.1 Å². The monoisotopic (exact) mass is 219 g/mol. The number of rotatable bonds is 1. The van der Waals surface area contributed by atoms with Gasteiger partial charge in [0.25, 0.3) is 0 Å². The van der Waals surface area contributed by atoms with Crippen LogP contribution in [0.2, 0.25) is 5.28 Å². The molecular weight excluding hydrogens is 214 g/mol. The van der Waals surface area contributed by atoms with Gasteiger partial charge in [-0.25, -0.2) is 9.97 Å². The second kappa shape index (κ2) is 3.67. The molecule has 74 valence electrons. The van der Waals surface area contributed by atoms with Crippen molar-refractivity contribution in [2.75, 3.05) is 0 Å². The zero-order valence-electron chi connectivity index (χ0n) is 7.85. The molecule has 2 heterocycles. The van der Waals surface area contributed by atoms with E-state index in [4.69, 9.17) is 16.9 Å². The second-order valence-electron chi connectivity index (χ2n) is 2.92. The Kier molecular flexibility index (Phi) is 2.35. The standard InChI is InChI=1S/C9H6ClN5/c1-15-5-7(4-13-15)8-6(2-11)3-12-9(10)14-8/h3-5H,1H3. The Hall–Kier alpha value is -1.93. The third-order valence-corrected chi connectivity index (χ3v) is 2.04. The molecule has 0 atom stereocenters. The lowest BCUT2D eigenvalue weighted by atomic mass is 10.1.